The van der Waals surface area contributed by atoms with Gasteiger partial charge in [-0.05, 0) is 41.0 Å². The van der Waals surface area contributed by atoms with Crippen molar-refractivity contribution in [3.05, 3.63) is 107 Å². The van der Waals surface area contributed by atoms with Gasteiger partial charge in [-0.1, -0.05) is 84.9 Å². The smallest absolute Gasteiger partial charge is 0.0496 e. The van der Waals surface area contributed by atoms with Crippen LogP contribution >= 0.6 is 0 Å². The second-order valence-corrected chi connectivity index (χ2v) is 8.34. The van der Waals surface area contributed by atoms with E-state index < -0.39 is 0 Å². The molecule has 0 aromatic heterocycles. The summed E-state index contributed by atoms with van der Waals surface area (Å²) in [5, 5.41) is 4.03. The number of fused-ring (bicyclic) bond motifs is 3. The first kappa shape index (κ1) is 17.7. The number of hydrogen-bond acceptors (Lipinski definition) is 2. The van der Waals surface area contributed by atoms with Crippen molar-refractivity contribution in [1.29, 1.82) is 0 Å². The van der Waals surface area contributed by atoms with E-state index in [0.717, 1.165) is 26.2 Å². The van der Waals surface area contributed by atoms with Crippen molar-refractivity contribution in [2.24, 2.45) is 5.92 Å². The number of likely N-dealkylation sites (tertiary alicyclic amines) is 1. The van der Waals surface area contributed by atoms with Crippen molar-refractivity contribution in [3.8, 4) is 0 Å². The van der Waals surface area contributed by atoms with Crippen molar-refractivity contribution >= 4 is 0 Å². The molecule has 5 rings (SSSR count). The van der Waals surface area contributed by atoms with E-state index in [1.54, 1.807) is 0 Å². The summed E-state index contributed by atoms with van der Waals surface area (Å²) in [5.41, 5.74) is 5.97. The van der Waals surface area contributed by atoms with Crippen LogP contribution in [-0.2, 0) is 25.0 Å². The lowest BCUT2D eigenvalue weighted by Crippen LogP contribution is -2.55. The molecule has 0 radical (unpaired) electrons. The standard InChI is InChI=1S/C26H28N2/c1-3-9-21(10-4-1)18-27-26-15-16-28(19-22-11-5-2-6-12-22)20-24(26)17-23-13-7-8-14-25(23)26/h1-14,24,27H,15-20H2/t24-,26-/m1/s1. The zero-order valence-electron chi connectivity index (χ0n) is 16.4. The first-order valence-electron chi connectivity index (χ1n) is 10.5. The molecule has 28 heavy (non-hydrogen) atoms. The van der Waals surface area contributed by atoms with Crippen LogP contribution in [0, 0.1) is 5.92 Å². The summed E-state index contributed by atoms with van der Waals surface area (Å²) >= 11 is 0. The first-order valence-corrected chi connectivity index (χ1v) is 10.5. The van der Waals surface area contributed by atoms with Gasteiger partial charge in [-0.15, -0.1) is 0 Å². The fraction of sp³-hybridized carbons (Fsp3) is 0.308. The second-order valence-electron chi connectivity index (χ2n) is 8.34. The van der Waals surface area contributed by atoms with E-state index in [4.69, 9.17) is 0 Å². The molecular formula is C26H28N2. The van der Waals surface area contributed by atoms with Gasteiger partial charge in [0.2, 0.25) is 0 Å². The lowest BCUT2D eigenvalue weighted by atomic mass is 9.77. The fourth-order valence-corrected chi connectivity index (χ4v) is 5.26. The van der Waals surface area contributed by atoms with Crippen LogP contribution in [-0.4, -0.2) is 18.0 Å². The fourth-order valence-electron chi connectivity index (χ4n) is 5.26. The lowest BCUT2D eigenvalue weighted by molar-refractivity contribution is 0.0725. The average molecular weight is 369 g/mol. The summed E-state index contributed by atoms with van der Waals surface area (Å²) in [5.74, 6) is 0.631. The monoisotopic (exact) mass is 368 g/mol. The third-order valence-electron chi connectivity index (χ3n) is 6.66. The Hall–Kier alpha value is -2.42. The average Bonchev–Trinajstić information content (AvgIpc) is 3.08. The number of piperidine rings is 1. The highest BCUT2D eigenvalue weighted by Gasteiger charge is 2.48. The van der Waals surface area contributed by atoms with Crippen molar-refractivity contribution in [2.75, 3.05) is 13.1 Å². The normalized spacial score (nSPS) is 23.9. The van der Waals surface area contributed by atoms with Crippen LogP contribution in [0.4, 0.5) is 0 Å². The van der Waals surface area contributed by atoms with Gasteiger partial charge < -0.3 is 5.32 Å². The van der Waals surface area contributed by atoms with E-state index in [0.29, 0.717) is 5.92 Å². The van der Waals surface area contributed by atoms with Crippen LogP contribution in [0.15, 0.2) is 84.9 Å². The largest absolute Gasteiger partial charge is 0.303 e. The van der Waals surface area contributed by atoms with Gasteiger partial charge >= 0.3 is 0 Å². The number of benzene rings is 3. The molecule has 1 aliphatic heterocycles. The van der Waals surface area contributed by atoms with Gasteiger partial charge in [0, 0.05) is 31.7 Å². The molecule has 1 heterocycles. The molecular weight excluding hydrogens is 340 g/mol. The molecule has 0 bridgehead atoms. The highest BCUT2D eigenvalue weighted by molar-refractivity contribution is 5.41. The Balaban J connectivity index is 1.38. The first-order chi connectivity index (χ1) is 13.8. The summed E-state index contributed by atoms with van der Waals surface area (Å²) in [6.07, 6.45) is 2.36. The van der Waals surface area contributed by atoms with Gasteiger partial charge in [-0.3, -0.25) is 4.90 Å². The van der Waals surface area contributed by atoms with E-state index in [1.807, 2.05) is 0 Å². The number of nitrogens with zero attached hydrogens (tertiary/aromatic N) is 1. The molecule has 0 spiro atoms. The number of nitrogens with one attached hydrogen (secondary N) is 1. The highest BCUT2D eigenvalue weighted by Crippen LogP contribution is 2.47. The van der Waals surface area contributed by atoms with Gasteiger partial charge in [0.25, 0.3) is 0 Å². The van der Waals surface area contributed by atoms with Crippen LogP contribution in [0.25, 0.3) is 0 Å². The maximum atomic E-state index is 4.03. The van der Waals surface area contributed by atoms with Crippen molar-refractivity contribution < 1.29 is 0 Å². The van der Waals surface area contributed by atoms with Crippen molar-refractivity contribution in [3.63, 3.8) is 0 Å². The maximum Gasteiger partial charge on any atom is 0.0496 e. The van der Waals surface area contributed by atoms with Crippen LogP contribution in [0.1, 0.15) is 28.7 Å². The Labute approximate surface area is 168 Å². The Morgan fingerprint density at radius 3 is 2.29 bits per heavy atom. The third kappa shape index (κ3) is 3.28. The molecule has 1 aliphatic carbocycles. The predicted molar refractivity (Wildman–Crippen MR) is 115 cm³/mol. The van der Waals surface area contributed by atoms with Gasteiger partial charge in [0.15, 0.2) is 0 Å². The molecule has 3 aromatic carbocycles. The molecule has 1 saturated heterocycles. The quantitative estimate of drug-likeness (QED) is 0.699. The molecule has 2 atom stereocenters. The summed E-state index contributed by atoms with van der Waals surface area (Å²) < 4.78 is 0. The van der Waals surface area contributed by atoms with Crippen LogP contribution in [0.2, 0.25) is 0 Å². The van der Waals surface area contributed by atoms with E-state index >= 15 is 0 Å². The molecule has 1 N–H and O–H groups in total. The van der Waals surface area contributed by atoms with E-state index in [1.165, 1.54) is 35.1 Å². The van der Waals surface area contributed by atoms with Crippen LogP contribution < -0.4 is 5.32 Å². The van der Waals surface area contributed by atoms with Crippen LogP contribution in [0.5, 0.6) is 0 Å². The Morgan fingerprint density at radius 1 is 0.821 bits per heavy atom. The molecule has 0 saturated carbocycles. The van der Waals surface area contributed by atoms with Gasteiger partial charge in [-0.2, -0.15) is 0 Å². The Bertz CT molecular complexity index is 921. The Morgan fingerprint density at radius 2 is 1.50 bits per heavy atom. The zero-order chi connectivity index (χ0) is 18.8. The topological polar surface area (TPSA) is 15.3 Å². The molecule has 0 unspecified atom stereocenters. The van der Waals surface area contributed by atoms with Crippen molar-refractivity contribution in [1.82, 2.24) is 10.2 Å². The molecule has 3 aromatic rings. The summed E-state index contributed by atoms with van der Waals surface area (Å²) in [6.45, 7) is 4.29. The molecule has 1 fully saturated rings. The minimum Gasteiger partial charge on any atom is -0.303 e. The molecule has 2 nitrogen and oxygen atoms in total. The molecule has 0 amide bonds. The number of rotatable bonds is 5. The second kappa shape index (κ2) is 7.54. The van der Waals surface area contributed by atoms with E-state index in [-0.39, 0.29) is 5.54 Å². The van der Waals surface area contributed by atoms with Gasteiger partial charge in [0.1, 0.15) is 0 Å². The zero-order valence-corrected chi connectivity index (χ0v) is 16.4. The molecule has 142 valence electrons. The Kier molecular flexibility index (Phi) is 4.76. The van der Waals surface area contributed by atoms with Gasteiger partial charge in [0.05, 0.1) is 0 Å². The third-order valence-corrected chi connectivity index (χ3v) is 6.66. The summed E-state index contributed by atoms with van der Waals surface area (Å²) in [6, 6.07) is 30.8. The van der Waals surface area contributed by atoms with E-state index in [9.17, 15) is 0 Å². The van der Waals surface area contributed by atoms with Crippen molar-refractivity contribution in [2.45, 2.75) is 31.5 Å². The number of hydrogen-bond donors (Lipinski definition) is 1. The van der Waals surface area contributed by atoms with Crippen LogP contribution in [0.3, 0.4) is 0 Å². The summed E-state index contributed by atoms with van der Waals surface area (Å²) in [7, 11) is 0. The SMILES string of the molecule is c1ccc(CN[C@]23CCN(Cc4ccccc4)C[C@H]2Cc2ccccc23)cc1. The molecule has 2 heteroatoms. The maximum absolute atomic E-state index is 4.03. The van der Waals surface area contributed by atoms with Gasteiger partial charge in [-0.25, -0.2) is 0 Å². The molecule has 2 aliphatic rings. The minimum absolute atomic E-state index is 0.111. The predicted octanol–water partition coefficient (Wildman–Crippen LogP) is 4.75. The minimum atomic E-state index is 0.111. The van der Waals surface area contributed by atoms with E-state index in [2.05, 4.69) is 95.1 Å². The lowest BCUT2D eigenvalue weighted by Gasteiger charge is -2.46. The summed E-state index contributed by atoms with van der Waals surface area (Å²) in [4.78, 5) is 2.65. The highest BCUT2D eigenvalue weighted by atomic mass is 15.2.